The van der Waals surface area contributed by atoms with Crippen molar-refractivity contribution in [3.05, 3.63) is 40.4 Å². The molecule has 0 fully saturated rings. The lowest BCUT2D eigenvalue weighted by Crippen LogP contribution is -2.58. The van der Waals surface area contributed by atoms with Gasteiger partial charge in [-0.1, -0.05) is 6.08 Å². The summed E-state index contributed by atoms with van der Waals surface area (Å²) in [6.45, 7) is 1.73. The van der Waals surface area contributed by atoms with Crippen LogP contribution in [0.1, 0.15) is 35.8 Å². The first-order valence-electron chi connectivity index (χ1n) is 8.15. The van der Waals surface area contributed by atoms with Gasteiger partial charge in [-0.15, -0.1) is 11.3 Å². The molecule has 1 aliphatic carbocycles. The molecule has 6 nitrogen and oxygen atoms in total. The molecule has 0 bridgehead atoms. The number of anilines is 1. The number of fused-ring (bicyclic) bond motifs is 2. The summed E-state index contributed by atoms with van der Waals surface area (Å²) in [6.07, 6.45) is 9.94. The van der Waals surface area contributed by atoms with Crippen molar-refractivity contribution in [3.8, 4) is 6.07 Å². The van der Waals surface area contributed by atoms with Crippen molar-refractivity contribution >= 4 is 34.0 Å². The number of nitrogens with zero attached hydrogens (tertiary/aromatic N) is 3. The fourth-order valence-electron chi connectivity index (χ4n) is 3.53. The SMILES string of the molecule is CC1(C(=O)Nc2sc3c(c2C#N)CCC3)CC(=O)N=C2C=CC=CN21. The first kappa shape index (κ1) is 15.8. The largest absolute Gasteiger partial charge is 0.317 e. The first-order valence-corrected chi connectivity index (χ1v) is 8.96. The number of rotatable bonds is 2. The summed E-state index contributed by atoms with van der Waals surface area (Å²) >= 11 is 1.47. The van der Waals surface area contributed by atoms with Gasteiger partial charge in [0.15, 0.2) is 0 Å². The lowest BCUT2D eigenvalue weighted by molar-refractivity contribution is -0.130. The minimum atomic E-state index is -1.07. The summed E-state index contributed by atoms with van der Waals surface area (Å²) in [5.74, 6) is -0.159. The Kier molecular flexibility index (Phi) is 3.58. The van der Waals surface area contributed by atoms with Gasteiger partial charge in [0.25, 0.3) is 11.8 Å². The zero-order valence-corrected chi connectivity index (χ0v) is 14.5. The number of nitriles is 1. The van der Waals surface area contributed by atoms with Crippen LogP contribution in [0.2, 0.25) is 0 Å². The number of carbonyl (C=O) groups excluding carboxylic acids is 2. The van der Waals surface area contributed by atoms with Crippen LogP contribution in [0.15, 0.2) is 29.4 Å². The van der Waals surface area contributed by atoms with Crippen LogP contribution < -0.4 is 5.32 Å². The van der Waals surface area contributed by atoms with Crippen LogP contribution in [0, 0.1) is 11.3 Å². The molecule has 3 heterocycles. The molecule has 2 aliphatic heterocycles. The summed E-state index contributed by atoms with van der Waals surface area (Å²) < 4.78 is 0. The third-order valence-corrected chi connectivity index (χ3v) is 6.06. The number of aryl methyl sites for hydroxylation is 1. The minimum absolute atomic E-state index is 0.00646. The Morgan fingerprint density at radius 3 is 3.08 bits per heavy atom. The summed E-state index contributed by atoms with van der Waals surface area (Å²) in [5.41, 5.74) is 0.562. The lowest BCUT2D eigenvalue weighted by atomic mass is 9.91. The van der Waals surface area contributed by atoms with Crippen molar-refractivity contribution in [2.45, 2.75) is 38.1 Å². The van der Waals surface area contributed by atoms with Crippen LogP contribution in [-0.2, 0) is 22.4 Å². The lowest BCUT2D eigenvalue weighted by Gasteiger charge is -2.41. The molecule has 0 saturated heterocycles. The molecular weight excluding hydrogens is 336 g/mol. The summed E-state index contributed by atoms with van der Waals surface area (Å²) in [4.78, 5) is 32.0. The van der Waals surface area contributed by atoms with Crippen LogP contribution in [0.5, 0.6) is 0 Å². The standard InChI is InChI=1S/C18H16N4O2S/c1-18(9-15(23)20-14-7-2-3-8-22(14)18)17(24)21-16-12(10-19)11-5-4-6-13(11)25-16/h2-3,7-8H,4-6,9H2,1H3,(H,21,24). The normalized spacial score (nSPS) is 23.8. The second-order valence-corrected chi connectivity index (χ2v) is 7.62. The van der Waals surface area contributed by atoms with E-state index in [1.54, 1.807) is 36.3 Å². The number of hydrogen-bond acceptors (Lipinski definition) is 5. The predicted molar refractivity (Wildman–Crippen MR) is 95.3 cm³/mol. The van der Waals surface area contributed by atoms with Gasteiger partial charge in [0.1, 0.15) is 22.4 Å². The maximum Gasteiger partial charge on any atom is 0.251 e. The van der Waals surface area contributed by atoms with E-state index in [1.165, 1.54) is 16.2 Å². The van der Waals surface area contributed by atoms with E-state index in [4.69, 9.17) is 0 Å². The molecule has 0 spiro atoms. The highest BCUT2D eigenvalue weighted by Gasteiger charge is 2.45. The van der Waals surface area contributed by atoms with Crippen molar-refractivity contribution in [3.63, 3.8) is 0 Å². The molecule has 0 radical (unpaired) electrons. The van der Waals surface area contributed by atoms with Gasteiger partial charge in [-0.3, -0.25) is 9.59 Å². The van der Waals surface area contributed by atoms with Crippen LogP contribution in [0.4, 0.5) is 5.00 Å². The van der Waals surface area contributed by atoms with Gasteiger partial charge in [-0.05, 0) is 43.9 Å². The Morgan fingerprint density at radius 1 is 1.44 bits per heavy atom. The van der Waals surface area contributed by atoms with E-state index in [9.17, 15) is 14.9 Å². The predicted octanol–water partition coefficient (Wildman–Crippen LogP) is 2.52. The number of amidine groups is 1. The van der Waals surface area contributed by atoms with Crippen molar-refractivity contribution < 1.29 is 9.59 Å². The molecule has 0 aromatic carbocycles. The highest BCUT2D eigenvalue weighted by molar-refractivity contribution is 7.16. The topological polar surface area (TPSA) is 85.6 Å². The molecule has 7 heteroatoms. The quantitative estimate of drug-likeness (QED) is 0.886. The van der Waals surface area contributed by atoms with Crippen LogP contribution in [-0.4, -0.2) is 28.1 Å². The minimum Gasteiger partial charge on any atom is -0.317 e. The van der Waals surface area contributed by atoms with E-state index in [0.717, 1.165) is 24.8 Å². The molecule has 1 N–H and O–H groups in total. The van der Waals surface area contributed by atoms with E-state index in [-0.39, 0.29) is 18.2 Å². The summed E-state index contributed by atoms with van der Waals surface area (Å²) in [6, 6.07) is 2.23. The van der Waals surface area contributed by atoms with Gasteiger partial charge < -0.3 is 10.2 Å². The zero-order valence-electron chi connectivity index (χ0n) is 13.7. The number of hydrogen-bond donors (Lipinski definition) is 1. The molecule has 1 atom stereocenters. The Hall–Kier alpha value is -2.72. The number of thiophene rings is 1. The fourth-order valence-corrected chi connectivity index (χ4v) is 4.76. The first-order chi connectivity index (χ1) is 12.0. The smallest absolute Gasteiger partial charge is 0.251 e. The maximum absolute atomic E-state index is 13.1. The Balaban J connectivity index is 1.66. The van der Waals surface area contributed by atoms with Crippen LogP contribution in [0.25, 0.3) is 0 Å². The molecule has 0 saturated carbocycles. The van der Waals surface area contributed by atoms with Crippen molar-refractivity contribution in [2.75, 3.05) is 5.32 Å². The molecule has 126 valence electrons. The fraction of sp³-hybridized carbons (Fsp3) is 0.333. The summed E-state index contributed by atoms with van der Waals surface area (Å²) in [5, 5.41) is 13.0. The van der Waals surface area contributed by atoms with Crippen molar-refractivity contribution in [2.24, 2.45) is 4.99 Å². The molecule has 2 amide bonds. The molecule has 1 aromatic heterocycles. The third kappa shape index (κ3) is 2.41. The average Bonchev–Trinajstić information content (AvgIpc) is 3.15. The van der Waals surface area contributed by atoms with Gasteiger partial charge in [0, 0.05) is 11.1 Å². The highest BCUT2D eigenvalue weighted by Crippen LogP contribution is 2.39. The monoisotopic (exact) mass is 352 g/mol. The number of aliphatic imine (C=N–C) groups is 1. The van der Waals surface area contributed by atoms with Crippen molar-refractivity contribution in [1.29, 1.82) is 5.26 Å². The molecule has 25 heavy (non-hydrogen) atoms. The number of carbonyl (C=O) groups is 2. The number of amides is 2. The van der Waals surface area contributed by atoms with Crippen molar-refractivity contribution in [1.82, 2.24) is 4.90 Å². The Bertz CT molecular complexity index is 918. The Labute approximate surface area is 149 Å². The van der Waals surface area contributed by atoms with E-state index in [1.807, 2.05) is 0 Å². The molecule has 4 rings (SSSR count). The van der Waals surface area contributed by atoms with E-state index < -0.39 is 5.54 Å². The Morgan fingerprint density at radius 2 is 2.28 bits per heavy atom. The molecular formula is C18H16N4O2S. The molecule has 1 aromatic rings. The molecule has 3 aliphatic rings. The third-order valence-electron chi connectivity index (χ3n) is 4.85. The van der Waals surface area contributed by atoms with E-state index in [0.29, 0.717) is 16.4 Å². The maximum atomic E-state index is 13.1. The summed E-state index contributed by atoms with van der Waals surface area (Å²) in [7, 11) is 0. The number of nitrogens with one attached hydrogen (secondary N) is 1. The van der Waals surface area contributed by atoms with Gasteiger partial charge in [0.2, 0.25) is 0 Å². The van der Waals surface area contributed by atoms with Gasteiger partial charge >= 0.3 is 0 Å². The van der Waals surface area contributed by atoms with Crippen LogP contribution >= 0.6 is 11.3 Å². The molecule has 1 unspecified atom stereocenters. The second-order valence-electron chi connectivity index (χ2n) is 6.51. The highest BCUT2D eigenvalue weighted by atomic mass is 32.1. The zero-order chi connectivity index (χ0) is 17.6. The average molecular weight is 352 g/mol. The van der Waals surface area contributed by atoms with E-state index in [2.05, 4.69) is 16.4 Å². The van der Waals surface area contributed by atoms with E-state index >= 15 is 0 Å². The van der Waals surface area contributed by atoms with Gasteiger partial charge in [-0.25, -0.2) is 0 Å². The van der Waals surface area contributed by atoms with Gasteiger partial charge in [-0.2, -0.15) is 10.3 Å². The second kappa shape index (κ2) is 5.67. The van der Waals surface area contributed by atoms with Gasteiger partial charge in [0.05, 0.1) is 12.0 Å². The number of allylic oxidation sites excluding steroid dienone is 2. The van der Waals surface area contributed by atoms with Crippen LogP contribution in [0.3, 0.4) is 0 Å².